The van der Waals surface area contributed by atoms with E-state index in [1.54, 1.807) is 0 Å². The number of carbonyl (C=O) groups excluding carboxylic acids is 1. The van der Waals surface area contributed by atoms with Crippen molar-refractivity contribution in [3.63, 3.8) is 0 Å². The molecule has 0 N–H and O–H groups in total. The summed E-state index contributed by atoms with van der Waals surface area (Å²) in [6.07, 6.45) is 0. The summed E-state index contributed by atoms with van der Waals surface area (Å²) < 4.78 is 2.16. The number of carbonyl (C=O) groups is 1. The second kappa shape index (κ2) is 6.73. The lowest BCUT2D eigenvalue weighted by Gasteiger charge is -2.32. The van der Waals surface area contributed by atoms with E-state index in [-0.39, 0.29) is 5.91 Å². The molecule has 0 radical (unpaired) electrons. The van der Waals surface area contributed by atoms with Crippen LogP contribution >= 0.6 is 0 Å². The summed E-state index contributed by atoms with van der Waals surface area (Å²) in [5.41, 5.74) is 3.36. The van der Waals surface area contributed by atoms with Crippen LogP contribution in [0.2, 0.25) is 0 Å². The third-order valence-electron chi connectivity index (χ3n) is 5.03. The number of benzene rings is 2. The van der Waals surface area contributed by atoms with Crippen LogP contribution in [0.5, 0.6) is 0 Å². The zero-order valence-corrected chi connectivity index (χ0v) is 14.6. The molecule has 0 saturated carbocycles. The van der Waals surface area contributed by atoms with Crippen molar-refractivity contribution in [2.75, 3.05) is 33.2 Å². The van der Waals surface area contributed by atoms with Crippen molar-refractivity contribution in [2.45, 2.75) is 6.54 Å². The maximum absolute atomic E-state index is 12.9. The molecule has 4 nitrogen and oxygen atoms in total. The minimum Gasteiger partial charge on any atom is -0.339 e. The first-order valence-electron chi connectivity index (χ1n) is 8.82. The van der Waals surface area contributed by atoms with Crippen molar-refractivity contribution in [1.82, 2.24) is 14.4 Å². The molecule has 128 valence electrons. The zero-order chi connectivity index (χ0) is 17.2. The first-order chi connectivity index (χ1) is 12.2. The first kappa shape index (κ1) is 15.9. The summed E-state index contributed by atoms with van der Waals surface area (Å²) in [5.74, 6) is 0.201. The van der Waals surface area contributed by atoms with Gasteiger partial charge >= 0.3 is 0 Å². The molecule has 0 aliphatic carbocycles. The second-order valence-corrected chi connectivity index (χ2v) is 6.72. The second-order valence-electron chi connectivity index (χ2n) is 6.72. The maximum atomic E-state index is 12.9. The molecule has 1 aliphatic heterocycles. The fourth-order valence-electron chi connectivity index (χ4n) is 3.52. The largest absolute Gasteiger partial charge is 0.339 e. The highest BCUT2D eigenvalue weighted by molar-refractivity contribution is 5.89. The van der Waals surface area contributed by atoms with Gasteiger partial charge in [0.05, 0.1) is 0 Å². The maximum Gasteiger partial charge on any atom is 0.242 e. The van der Waals surface area contributed by atoms with E-state index < -0.39 is 0 Å². The topological polar surface area (TPSA) is 28.5 Å². The number of hydrogen-bond acceptors (Lipinski definition) is 2. The van der Waals surface area contributed by atoms with Gasteiger partial charge in [-0.25, -0.2) is 0 Å². The van der Waals surface area contributed by atoms with Gasteiger partial charge in [0.2, 0.25) is 5.91 Å². The van der Waals surface area contributed by atoms with Gasteiger partial charge in [-0.2, -0.15) is 0 Å². The van der Waals surface area contributed by atoms with Crippen molar-refractivity contribution in [3.8, 4) is 11.3 Å². The molecule has 4 heteroatoms. The number of amides is 1. The summed E-state index contributed by atoms with van der Waals surface area (Å²) in [7, 11) is 2.11. The van der Waals surface area contributed by atoms with E-state index in [1.807, 2.05) is 35.2 Å². The van der Waals surface area contributed by atoms with Crippen molar-refractivity contribution in [2.24, 2.45) is 0 Å². The Morgan fingerprint density at radius 1 is 0.920 bits per heavy atom. The average molecular weight is 333 g/mol. The Hall–Kier alpha value is -2.59. The highest BCUT2D eigenvalue weighted by atomic mass is 16.2. The summed E-state index contributed by atoms with van der Waals surface area (Å²) >= 11 is 0. The normalized spacial score (nSPS) is 15.6. The van der Waals surface area contributed by atoms with Crippen LogP contribution < -0.4 is 0 Å². The smallest absolute Gasteiger partial charge is 0.242 e. The van der Waals surface area contributed by atoms with E-state index in [0.717, 1.165) is 43.0 Å². The van der Waals surface area contributed by atoms with Crippen LogP contribution in [0.1, 0.15) is 0 Å². The van der Waals surface area contributed by atoms with Crippen LogP contribution in [0.15, 0.2) is 60.7 Å². The van der Waals surface area contributed by atoms with Crippen LogP contribution in [0, 0.1) is 0 Å². The van der Waals surface area contributed by atoms with Crippen LogP contribution in [0.25, 0.3) is 22.2 Å². The van der Waals surface area contributed by atoms with Gasteiger partial charge in [-0.1, -0.05) is 48.5 Å². The van der Waals surface area contributed by atoms with Gasteiger partial charge in [-0.05, 0) is 24.7 Å². The molecule has 0 spiro atoms. The van der Waals surface area contributed by atoms with Crippen LogP contribution in [0.3, 0.4) is 0 Å². The van der Waals surface area contributed by atoms with Gasteiger partial charge in [0, 0.05) is 42.8 Å². The summed E-state index contributed by atoms with van der Waals surface area (Å²) in [6, 6.07) is 20.8. The van der Waals surface area contributed by atoms with Crippen LogP contribution in [-0.2, 0) is 11.3 Å². The predicted molar refractivity (Wildman–Crippen MR) is 101 cm³/mol. The van der Waals surface area contributed by atoms with Crippen LogP contribution in [-0.4, -0.2) is 53.5 Å². The lowest BCUT2D eigenvalue weighted by Crippen LogP contribution is -2.48. The zero-order valence-electron chi connectivity index (χ0n) is 14.6. The number of nitrogens with zero attached hydrogens (tertiary/aromatic N) is 3. The Morgan fingerprint density at radius 3 is 2.36 bits per heavy atom. The SMILES string of the molecule is CN1CCN(C(=O)Cn2c(-c3ccccc3)cc3ccccc32)CC1. The van der Waals surface area contributed by atoms with E-state index in [0.29, 0.717) is 6.54 Å². The van der Waals surface area contributed by atoms with Crippen molar-refractivity contribution in [3.05, 3.63) is 60.7 Å². The van der Waals surface area contributed by atoms with Crippen molar-refractivity contribution >= 4 is 16.8 Å². The quantitative estimate of drug-likeness (QED) is 0.737. The lowest BCUT2D eigenvalue weighted by molar-refractivity contribution is -0.133. The molecule has 1 aliphatic rings. The van der Waals surface area contributed by atoms with Crippen molar-refractivity contribution in [1.29, 1.82) is 0 Å². The third kappa shape index (κ3) is 3.17. The van der Waals surface area contributed by atoms with E-state index in [1.165, 1.54) is 5.39 Å². The number of fused-ring (bicyclic) bond motifs is 1. The first-order valence-corrected chi connectivity index (χ1v) is 8.82. The Balaban J connectivity index is 1.69. The molecule has 2 aromatic carbocycles. The molecule has 0 bridgehead atoms. The monoisotopic (exact) mass is 333 g/mol. The third-order valence-corrected chi connectivity index (χ3v) is 5.03. The summed E-state index contributed by atoms with van der Waals surface area (Å²) in [5, 5.41) is 1.17. The van der Waals surface area contributed by atoms with Gasteiger partial charge in [-0.3, -0.25) is 4.79 Å². The molecule has 3 aromatic rings. The number of piperazine rings is 1. The van der Waals surface area contributed by atoms with E-state index >= 15 is 0 Å². The summed E-state index contributed by atoms with van der Waals surface area (Å²) in [6.45, 7) is 3.92. The minimum absolute atomic E-state index is 0.201. The molecule has 4 rings (SSSR count). The molecule has 1 amide bonds. The van der Waals surface area contributed by atoms with Gasteiger partial charge in [-0.15, -0.1) is 0 Å². The molecule has 0 unspecified atom stereocenters. The number of aromatic nitrogens is 1. The lowest BCUT2D eigenvalue weighted by atomic mass is 10.1. The fraction of sp³-hybridized carbons (Fsp3) is 0.286. The molecular weight excluding hydrogens is 310 g/mol. The number of rotatable bonds is 3. The Labute approximate surface area is 148 Å². The van der Waals surface area contributed by atoms with Gasteiger partial charge in [0.1, 0.15) is 6.54 Å². The molecule has 1 fully saturated rings. The molecule has 0 atom stereocenters. The Morgan fingerprint density at radius 2 is 1.60 bits per heavy atom. The predicted octanol–water partition coefficient (Wildman–Crippen LogP) is 3.08. The van der Waals surface area contributed by atoms with Crippen molar-refractivity contribution < 1.29 is 4.79 Å². The molecule has 1 aromatic heterocycles. The number of hydrogen-bond donors (Lipinski definition) is 0. The summed E-state index contributed by atoms with van der Waals surface area (Å²) in [4.78, 5) is 17.1. The molecule has 2 heterocycles. The van der Waals surface area contributed by atoms with Crippen LogP contribution in [0.4, 0.5) is 0 Å². The molecule has 1 saturated heterocycles. The average Bonchev–Trinajstić information content (AvgIpc) is 3.02. The van der Waals surface area contributed by atoms with E-state index in [4.69, 9.17) is 0 Å². The standard InChI is InChI=1S/C21H23N3O/c1-22-11-13-23(14-12-22)21(25)16-24-19-10-6-5-9-18(19)15-20(24)17-7-3-2-4-8-17/h2-10,15H,11-14,16H2,1H3. The number of likely N-dealkylation sites (N-methyl/N-ethyl adjacent to an activating group) is 1. The Kier molecular flexibility index (Phi) is 4.28. The Bertz CT molecular complexity index is 877. The van der Waals surface area contributed by atoms with E-state index in [9.17, 15) is 4.79 Å². The number of para-hydroxylation sites is 1. The fourth-order valence-corrected chi connectivity index (χ4v) is 3.52. The van der Waals surface area contributed by atoms with E-state index in [2.05, 4.69) is 46.8 Å². The van der Waals surface area contributed by atoms with Gasteiger partial charge in [0.25, 0.3) is 0 Å². The van der Waals surface area contributed by atoms with Gasteiger partial charge < -0.3 is 14.4 Å². The molecule has 25 heavy (non-hydrogen) atoms. The minimum atomic E-state index is 0.201. The highest BCUT2D eigenvalue weighted by Crippen LogP contribution is 2.28. The van der Waals surface area contributed by atoms with Gasteiger partial charge in [0.15, 0.2) is 0 Å². The highest BCUT2D eigenvalue weighted by Gasteiger charge is 2.21. The molecular formula is C21H23N3O.